The SMILES string of the molecule is CNC(C)CNC(=O)CCS(=O)(=O)c1ccc2c(c1)OCCO2.Cl. The van der Waals surface area contributed by atoms with Gasteiger partial charge in [0.1, 0.15) is 13.2 Å². The molecular formula is C15H23ClN2O5S. The van der Waals surface area contributed by atoms with Gasteiger partial charge < -0.3 is 20.1 Å². The van der Waals surface area contributed by atoms with E-state index < -0.39 is 9.84 Å². The van der Waals surface area contributed by atoms with E-state index in [-0.39, 0.29) is 41.4 Å². The van der Waals surface area contributed by atoms with Gasteiger partial charge >= 0.3 is 0 Å². The van der Waals surface area contributed by atoms with Gasteiger partial charge in [-0.3, -0.25) is 4.79 Å². The first-order valence-corrected chi connectivity index (χ1v) is 9.14. The first-order chi connectivity index (χ1) is 10.9. The molecule has 9 heteroatoms. The fourth-order valence-corrected chi connectivity index (χ4v) is 3.27. The third kappa shape index (κ3) is 5.54. The zero-order valence-corrected chi connectivity index (χ0v) is 15.3. The van der Waals surface area contributed by atoms with Crippen LogP contribution in [-0.4, -0.2) is 52.9 Å². The Balaban J connectivity index is 0.00000288. The number of carbonyl (C=O) groups is 1. The topological polar surface area (TPSA) is 93.7 Å². The summed E-state index contributed by atoms with van der Waals surface area (Å²) in [5, 5.41) is 5.69. The maximum Gasteiger partial charge on any atom is 0.221 e. The number of nitrogens with one attached hydrogen (secondary N) is 2. The van der Waals surface area contributed by atoms with Crippen molar-refractivity contribution in [1.29, 1.82) is 0 Å². The molecule has 1 heterocycles. The molecular weight excluding hydrogens is 356 g/mol. The van der Waals surface area contributed by atoms with Crippen LogP contribution in [0.1, 0.15) is 13.3 Å². The van der Waals surface area contributed by atoms with E-state index in [1.165, 1.54) is 12.1 Å². The van der Waals surface area contributed by atoms with Gasteiger partial charge in [0.15, 0.2) is 21.3 Å². The quantitative estimate of drug-likeness (QED) is 0.727. The summed E-state index contributed by atoms with van der Waals surface area (Å²) in [6.45, 7) is 3.22. The van der Waals surface area contributed by atoms with Crippen molar-refractivity contribution in [3.05, 3.63) is 18.2 Å². The molecule has 0 radical (unpaired) electrons. The average Bonchev–Trinajstić information content (AvgIpc) is 2.57. The Bertz CT molecular complexity index is 666. The second kappa shape index (κ2) is 9.10. The lowest BCUT2D eigenvalue weighted by molar-refractivity contribution is -0.120. The second-order valence-corrected chi connectivity index (χ2v) is 7.48. The summed E-state index contributed by atoms with van der Waals surface area (Å²) in [5.74, 6) is 0.429. The monoisotopic (exact) mass is 378 g/mol. The lowest BCUT2D eigenvalue weighted by Gasteiger charge is -2.18. The molecule has 1 amide bonds. The van der Waals surface area contributed by atoms with Gasteiger partial charge in [0.2, 0.25) is 5.91 Å². The molecule has 1 aliphatic heterocycles. The van der Waals surface area contributed by atoms with E-state index in [1.54, 1.807) is 13.1 Å². The van der Waals surface area contributed by atoms with Crippen LogP contribution in [0.15, 0.2) is 23.1 Å². The van der Waals surface area contributed by atoms with Crippen molar-refractivity contribution in [2.24, 2.45) is 0 Å². The first kappa shape index (κ1) is 20.5. The molecule has 0 spiro atoms. The minimum absolute atomic E-state index is 0. The van der Waals surface area contributed by atoms with Crippen LogP contribution in [0, 0.1) is 0 Å². The van der Waals surface area contributed by atoms with Crippen molar-refractivity contribution in [2.75, 3.05) is 32.6 Å². The molecule has 136 valence electrons. The molecule has 2 N–H and O–H groups in total. The van der Waals surface area contributed by atoms with Gasteiger partial charge in [0.05, 0.1) is 10.6 Å². The Morgan fingerprint density at radius 3 is 2.58 bits per heavy atom. The Kier molecular flexibility index (Phi) is 7.78. The standard InChI is InChI=1S/C15H22N2O5S.ClH/c1-11(16-2)10-17-15(18)5-8-23(19,20)12-3-4-13-14(9-12)22-7-6-21-13;/h3-4,9,11,16H,5-8,10H2,1-2H3,(H,17,18);1H. The molecule has 1 aromatic carbocycles. The summed E-state index contributed by atoms with van der Waals surface area (Å²) in [5.41, 5.74) is 0. The normalized spacial score (nSPS) is 14.4. The highest BCUT2D eigenvalue weighted by molar-refractivity contribution is 7.91. The second-order valence-electron chi connectivity index (χ2n) is 5.37. The molecule has 0 aliphatic carbocycles. The predicted molar refractivity (Wildman–Crippen MR) is 92.9 cm³/mol. The molecule has 1 unspecified atom stereocenters. The van der Waals surface area contributed by atoms with E-state index in [1.807, 2.05) is 6.92 Å². The number of sulfone groups is 1. The number of likely N-dealkylation sites (N-methyl/N-ethyl adjacent to an activating group) is 1. The zero-order chi connectivity index (χ0) is 16.9. The van der Waals surface area contributed by atoms with E-state index in [0.29, 0.717) is 31.3 Å². The van der Waals surface area contributed by atoms with Crippen LogP contribution in [0.25, 0.3) is 0 Å². The van der Waals surface area contributed by atoms with Crippen molar-refractivity contribution >= 4 is 28.2 Å². The largest absolute Gasteiger partial charge is 0.486 e. The van der Waals surface area contributed by atoms with Gasteiger partial charge in [0, 0.05) is 25.1 Å². The van der Waals surface area contributed by atoms with Crippen molar-refractivity contribution in [2.45, 2.75) is 24.3 Å². The van der Waals surface area contributed by atoms with Gasteiger partial charge in [-0.15, -0.1) is 12.4 Å². The number of amides is 1. The van der Waals surface area contributed by atoms with Gasteiger partial charge in [-0.1, -0.05) is 0 Å². The number of benzene rings is 1. The molecule has 2 rings (SSSR count). The highest BCUT2D eigenvalue weighted by Gasteiger charge is 2.20. The highest BCUT2D eigenvalue weighted by Crippen LogP contribution is 2.32. The Labute approximate surface area is 148 Å². The fourth-order valence-electron chi connectivity index (χ4n) is 2.02. The first-order valence-electron chi connectivity index (χ1n) is 7.49. The average molecular weight is 379 g/mol. The maximum atomic E-state index is 12.3. The third-order valence-electron chi connectivity index (χ3n) is 3.57. The number of hydrogen-bond acceptors (Lipinski definition) is 6. The lowest BCUT2D eigenvalue weighted by atomic mass is 10.3. The zero-order valence-electron chi connectivity index (χ0n) is 13.7. The van der Waals surface area contributed by atoms with Gasteiger partial charge in [-0.05, 0) is 26.1 Å². The van der Waals surface area contributed by atoms with Crippen LogP contribution < -0.4 is 20.1 Å². The summed E-state index contributed by atoms with van der Waals surface area (Å²) in [6.07, 6.45) is -0.0762. The summed E-state index contributed by atoms with van der Waals surface area (Å²) in [7, 11) is -1.75. The predicted octanol–water partition coefficient (Wildman–Crippen LogP) is 0.767. The number of rotatable bonds is 7. The molecule has 0 fully saturated rings. The van der Waals surface area contributed by atoms with E-state index in [2.05, 4.69) is 10.6 Å². The van der Waals surface area contributed by atoms with Crippen molar-refractivity contribution in [3.8, 4) is 11.5 Å². The Morgan fingerprint density at radius 1 is 1.25 bits per heavy atom. The molecule has 1 aliphatic rings. The fraction of sp³-hybridized carbons (Fsp3) is 0.533. The van der Waals surface area contributed by atoms with Gasteiger partial charge in [0.25, 0.3) is 0 Å². The van der Waals surface area contributed by atoms with Gasteiger partial charge in [-0.25, -0.2) is 8.42 Å². The van der Waals surface area contributed by atoms with E-state index in [0.717, 1.165) is 0 Å². The Hall–Kier alpha value is -1.51. The summed E-state index contributed by atoms with van der Waals surface area (Å²) in [6, 6.07) is 4.64. The highest BCUT2D eigenvalue weighted by atomic mass is 35.5. The number of fused-ring (bicyclic) bond motifs is 1. The minimum atomic E-state index is -3.54. The summed E-state index contributed by atoms with van der Waals surface area (Å²) >= 11 is 0. The number of carbonyl (C=O) groups excluding carboxylic acids is 1. The molecule has 0 aromatic heterocycles. The molecule has 0 saturated heterocycles. The molecule has 24 heavy (non-hydrogen) atoms. The van der Waals surface area contributed by atoms with Crippen LogP contribution in [-0.2, 0) is 14.6 Å². The number of hydrogen-bond donors (Lipinski definition) is 2. The molecule has 0 saturated carbocycles. The van der Waals surface area contributed by atoms with Crippen LogP contribution in [0.5, 0.6) is 11.5 Å². The van der Waals surface area contributed by atoms with Crippen molar-refractivity contribution < 1.29 is 22.7 Å². The van der Waals surface area contributed by atoms with E-state index in [9.17, 15) is 13.2 Å². The molecule has 0 bridgehead atoms. The lowest BCUT2D eigenvalue weighted by Crippen LogP contribution is -2.37. The molecule has 7 nitrogen and oxygen atoms in total. The van der Waals surface area contributed by atoms with Crippen LogP contribution in [0.4, 0.5) is 0 Å². The van der Waals surface area contributed by atoms with Gasteiger partial charge in [-0.2, -0.15) is 0 Å². The van der Waals surface area contributed by atoms with Crippen LogP contribution in [0.2, 0.25) is 0 Å². The summed E-state index contributed by atoms with van der Waals surface area (Å²) in [4.78, 5) is 11.9. The Morgan fingerprint density at radius 2 is 1.92 bits per heavy atom. The van der Waals surface area contributed by atoms with E-state index in [4.69, 9.17) is 9.47 Å². The number of halogens is 1. The van der Waals surface area contributed by atoms with Crippen molar-refractivity contribution in [1.82, 2.24) is 10.6 Å². The van der Waals surface area contributed by atoms with Crippen LogP contribution in [0.3, 0.4) is 0 Å². The van der Waals surface area contributed by atoms with Crippen molar-refractivity contribution in [3.63, 3.8) is 0 Å². The molecule has 1 aromatic rings. The van der Waals surface area contributed by atoms with E-state index >= 15 is 0 Å². The van der Waals surface area contributed by atoms with Crippen LogP contribution >= 0.6 is 12.4 Å². The third-order valence-corrected chi connectivity index (χ3v) is 5.28. The smallest absolute Gasteiger partial charge is 0.221 e. The minimum Gasteiger partial charge on any atom is -0.486 e. The molecule has 1 atom stereocenters. The summed E-state index contributed by atoms with van der Waals surface area (Å²) < 4.78 is 35.4. The maximum absolute atomic E-state index is 12.3. The number of ether oxygens (including phenoxy) is 2.